The van der Waals surface area contributed by atoms with Crippen LogP contribution in [0, 0.1) is 0 Å². The fourth-order valence-corrected chi connectivity index (χ4v) is 1.97. The summed E-state index contributed by atoms with van der Waals surface area (Å²) in [7, 11) is 0. The Bertz CT molecular complexity index is 291. The van der Waals surface area contributed by atoms with Crippen LogP contribution in [0.15, 0.2) is 0 Å². The minimum absolute atomic E-state index is 0.0370. The molecule has 1 aliphatic carbocycles. The van der Waals surface area contributed by atoms with E-state index in [2.05, 4.69) is 0 Å². The molecule has 0 saturated heterocycles. The van der Waals surface area contributed by atoms with E-state index in [4.69, 9.17) is 29.9 Å². The van der Waals surface area contributed by atoms with Gasteiger partial charge in [0.1, 0.15) is 6.10 Å². The van der Waals surface area contributed by atoms with Crippen molar-refractivity contribution in [1.29, 1.82) is 0 Å². The van der Waals surface area contributed by atoms with Gasteiger partial charge in [-0.05, 0) is 20.8 Å². The van der Waals surface area contributed by atoms with Crippen molar-refractivity contribution in [1.82, 2.24) is 0 Å². The SMILES string of the molecule is CCOC(C)OCC.O=C(O)C1(O)CC(O)C(O)[C@H](O)C1. The number of aliphatic hydroxyl groups excluding tert-OH is 3. The fourth-order valence-electron chi connectivity index (χ4n) is 1.97. The molecule has 8 heteroatoms. The summed E-state index contributed by atoms with van der Waals surface area (Å²) in [4.78, 5) is 10.5. The van der Waals surface area contributed by atoms with Crippen molar-refractivity contribution in [3.8, 4) is 0 Å². The van der Waals surface area contributed by atoms with Crippen molar-refractivity contribution in [3.63, 3.8) is 0 Å². The van der Waals surface area contributed by atoms with E-state index in [1.165, 1.54) is 0 Å². The number of carboxylic acid groups (broad SMARTS) is 1. The topological polar surface area (TPSA) is 137 Å². The minimum atomic E-state index is -2.14. The highest BCUT2D eigenvalue weighted by Gasteiger charge is 2.48. The van der Waals surface area contributed by atoms with E-state index < -0.39 is 42.7 Å². The van der Waals surface area contributed by atoms with Crippen LogP contribution in [0.3, 0.4) is 0 Å². The van der Waals surface area contributed by atoms with Crippen molar-refractivity contribution in [2.24, 2.45) is 0 Å². The van der Waals surface area contributed by atoms with Gasteiger partial charge in [0, 0.05) is 26.1 Å². The van der Waals surface area contributed by atoms with Crippen LogP contribution in [-0.2, 0) is 14.3 Å². The Morgan fingerprint density at radius 2 is 1.52 bits per heavy atom. The Morgan fingerprint density at radius 3 is 1.81 bits per heavy atom. The molecule has 1 aliphatic rings. The zero-order valence-corrected chi connectivity index (χ0v) is 12.6. The summed E-state index contributed by atoms with van der Waals surface area (Å²) >= 11 is 0. The number of aliphatic hydroxyl groups is 4. The third-order valence-electron chi connectivity index (χ3n) is 3.08. The highest BCUT2D eigenvalue weighted by Crippen LogP contribution is 2.29. The van der Waals surface area contributed by atoms with Crippen molar-refractivity contribution < 1.29 is 39.8 Å². The molecule has 5 N–H and O–H groups in total. The number of carbonyl (C=O) groups is 1. The highest BCUT2D eigenvalue weighted by atomic mass is 16.7. The second kappa shape index (κ2) is 9.29. The van der Waals surface area contributed by atoms with Gasteiger partial charge < -0.3 is 35.0 Å². The normalized spacial score (nSPS) is 32.5. The Labute approximate surface area is 123 Å². The van der Waals surface area contributed by atoms with Crippen molar-refractivity contribution >= 4 is 5.97 Å². The Kier molecular flexibility index (Phi) is 8.95. The van der Waals surface area contributed by atoms with E-state index in [0.717, 1.165) is 13.2 Å². The fraction of sp³-hybridized carbons (Fsp3) is 0.923. The van der Waals surface area contributed by atoms with Crippen molar-refractivity contribution in [2.45, 2.75) is 63.8 Å². The van der Waals surface area contributed by atoms with E-state index in [1.54, 1.807) is 0 Å². The van der Waals surface area contributed by atoms with Gasteiger partial charge in [0.25, 0.3) is 0 Å². The van der Waals surface area contributed by atoms with Gasteiger partial charge in [-0.25, -0.2) is 4.79 Å². The molecular weight excluding hydrogens is 284 g/mol. The van der Waals surface area contributed by atoms with Crippen LogP contribution in [0.25, 0.3) is 0 Å². The Hall–Kier alpha value is -0.770. The molecule has 0 spiro atoms. The van der Waals surface area contributed by atoms with E-state index in [9.17, 15) is 9.90 Å². The van der Waals surface area contributed by atoms with Crippen molar-refractivity contribution in [2.75, 3.05) is 13.2 Å². The minimum Gasteiger partial charge on any atom is -0.479 e. The average molecular weight is 310 g/mol. The zero-order valence-electron chi connectivity index (χ0n) is 12.6. The predicted molar refractivity (Wildman–Crippen MR) is 72.6 cm³/mol. The molecule has 21 heavy (non-hydrogen) atoms. The van der Waals surface area contributed by atoms with Gasteiger partial charge in [0.2, 0.25) is 0 Å². The summed E-state index contributed by atoms with van der Waals surface area (Å²) in [5.41, 5.74) is -2.14. The third kappa shape index (κ3) is 6.68. The maximum absolute atomic E-state index is 10.5. The quantitative estimate of drug-likeness (QED) is 0.411. The number of hydrogen-bond donors (Lipinski definition) is 5. The molecule has 0 aromatic rings. The molecule has 0 amide bonds. The standard InChI is InChI=1S/C7H12O6.C6H14O2/c8-3-1-7(13,6(11)12)2-4(9)5(3)10;1-4-7-6(3)8-5-2/h3-5,8-10,13H,1-2H2,(H,11,12);6H,4-5H2,1-3H3/t3-,4?,5?,7?;/m1./s1. The lowest BCUT2D eigenvalue weighted by Crippen LogP contribution is -2.56. The average Bonchev–Trinajstić information content (AvgIpc) is 2.37. The predicted octanol–water partition coefficient (Wildman–Crippen LogP) is -0.916. The Morgan fingerprint density at radius 1 is 1.14 bits per heavy atom. The number of carboxylic acids is 1. The summed E-state index contributed by atoms with van der Waals surface area (Å²) in [6.07, 6.45) is -5.19. The molecule has 0 bridgehead atoms. The Balaban J connectivity index is 0.000000433. The van der Waals surface area contributed by atoms with Crippen LogP contribution in [0.2, 0.25) is 0 Å². The van der Waals surface area contributed by atoms with Crippen molar-refractivity contribution in [3.05, 3.63) is 0 Å². The first-order valence-electron chi connectivity index (χ1n) is 6.91. The lowest BCUT2D eigenvalue weighted by Gasteiger charge is -2.37. The largest absolute Gasteiger partial charge is 0.479 e. The van der Waals surface area contributed by atoms with E-state index in [1.807, 2.05) is 20.8 Å². The smallest absolute Gasteiger partial charge is 0.335 e. The molecular formula is C13H26O8. The highest BCUT2D eigenvalue weighted by molar-refractivity contribution is 5.77. The van der Waals surface area contributed by atoms with Gasteiger partial charge in [0.15, 0.2) is 11.9 Å². The molecule has 0 heterocycles. The van der Waals surface area contributed by atoms with Crippen LogP contribution in [-0.4, -0.2) is 74.9 Å². The molecule has 0 aromatic carbocycles. The van der Waals surface area contributed by atoms with E-state index in [-0.39, 0.29) is 6.29 Å². The molecule has 1 saturated carbocycles. The van der Waals surface area contributed by atoms with E-state index in [0.29, 0.717) is 0 Å². The summed E-state index contributed by atoms with van der Waals surface area (Å²) < 4.78 is 10.1. The molecule has 126 valence electrons. The maximum Gasteiger partial charge on any atom is 0.335 e. The first kappa shape index (κ1) is 20.2. The molecule has 1 fully saturated rings. The second-order valence-corrected chi connectivity index (χ2v) is 4.85. The summed E-state index contributed by atoms with van der Waals surface area (Å²) in [6, 6.07) is 0. The van der Waals surface area contributed by atoms with Crippen LogP contribution in [0.1, 0.15) is 33.6 Å². The van der Waals surface area contributed by atoms with Crippen LogP contribution in [0.5, 0.6) is 0 Å². The van der Waals surface area contributed by atoms with Gasteiger partial charge in [-0.1, -0.05) is 0 Å². The molecule has 4 atom stereocenters. The van der Waals surface area contributed by atoms with E-state index >= 15 is 0 Å². The van der Waals surface area contributed by atoms with Crippen LogP contribution >= 0.6 is 0 Å². The van der Waals surface area contributed by atoms with Gasteiger partial charge in [-0.3, -0.25) is 0 Å². The number of ether oxygens (including phenoxy) is 2. The summed E-state index contributed by atoms with van der Waals surface area (Å²) in [5, 5.41) is 45.2. The first-order chi connectivity index (χ1) is 9.67. The first-order valence-corrected chi connectivity index (χ1v) is 6.91. The monoisotopic (exact) mass is 310 g/mol. The lowest BCUT2D eigenvalue weighted by molar-refractivity contribution is -0.187. The van der Waals surface area contributed by atoms with Gasteiger partial charge in [-0.15, -0.1) is 0 Å². The van der Waals surface area contributed by atoms with Crippen LogP contribution in [0.4, 0.5) is 0 Å². The lowest BCUT2D eigenvalue weighted by atomic mass is 9.80. The molecule has 8 nitrogen and oxygen atoms in total. The van der Waals surface area contributed by atoms with Gasteiger partial charge >= 0.3 is 5.97 Å². The maximum atomic E-state index is 10.5. The molecule has 1 rings (SSSR count). The van der Waals surface area contributed by atoms with Gasteiger partial charge in [0.05, 0.1) is 12.2 Å². The van der Waals surface area contributed by atoms with Gasteiger partial charge in [-0.2, -0.15) is 0 Å². The summed E-state index contributed by atoms with van der Waals surface area (Å²) in [6.45, 7) is 7.25. The number of rotatable bonds is 5. The zero-order chi connectivity index (χ0) is 16.6. The second-order valence-electron chi connectivity index (χ2n) is 4.85. The van der Waals surface area contributed by atoms with Crippen LogP contribution < -0.4 is 0 Å². The molecule has 3 unspecified atom stereocenters. The molecule has 0 aromatic heterocycles. The number of hydrogen-bond acceptors (Lipinski definition) is 7. The molecule has 0 radical (unpaired) electrons. The molecule has 0 aliphatic heterocycles. The third-order valence-corrected chi connectivity index (χ3v) is 3.08. The summed E-state index contributed by atoms with van der Waals surface area (Å²) in [5.74, 6) is -1.50. The number of aliphatic carboxylic acids is 1.